The molecule has 5 N–H and O–H groups in total. The number of hydrogen-bond acceptors (Lipinski definition) is 8. The normalized spacial score (nSPS) is 26.6. The van der Waals surface area contributed by atoms with Crippen molar-refractivity contribution in [1.82, 2.24) is 9.55 Å². The zero-order valence-electron chi connectivity index (χ0n) is 13.6. The van der Waals surface area contributed by atoms with Crippen molar-refractivity contribution in [2.75, 3.05) is 12.3 Å². The number of aliphatic hydroxyl groups excluding tert-OH is 1. The van der Waals surface area contributed by atoms with Gasteiger partial charge in [-0.2, -0.15) is 13.8 Å². The third kappa shape index (κ3) is 3.78. The highest BCUT2D eigenvalue weighted by Gasteiger charge is 2.60. The number of hydrogen-bond donors (Lipinski definition) is 3. The molecule has 2 heterocycles. The first kappa shape index (κ1) is 19.2. The summed E-state index contributed by atoms with van der Waals surface area (Å²) in [5.74, 6) is -4.96. The summed E-state index contributed by atoms with van der Waals surface area (Å²) in [5.41, 5.74) is 9.85. The Bertz CT molecular complexity index is 696. The van der Waals surface area contributed by atoms with Gasteiger partial charge in [-0.3, -0.25) is 9.36 Å². The average molecular weight is 362 g/mol. The largest absolute Gasteiger partial charge is 0.462 e. The number of ether oxygens (including phenoxy) is 2. The van der Waals surface area contributed by atoms with E-state index in [0.29, 0.717) is 4.57 Å². The lowest BCUT2D eigenvalue weighted by atomic mass is 10.1. The van der Waals surface area contributed by atoms with Crippen molar-refractivity contribution in [1.29, 1.82) is 0 Å². The van der Waals surface area contributed by atoms with Gasteiger partial charge < -0.3 is 26.0 Å². The predicted molar refractivity (Wildman–Crippen MR) is 81.5 cm³/mol. The van der Waals surface area contributed by atoms with Gasteiger partial charge in [0.1, 0.15) is 24.6 Å². The van der Waals surface area contributed by atoms with Gasteiger partial charge in [-0.25, -0.2) is 4.79 Å². The van der Waals surface area contributed by atoms with E-state index in [1.807, 2.05) is 0 Å². The maximum Gasteiger partial charge on any atom is 0.351 e. The molecule has 1 aliphatic heterocycles. The minimum absolute atomic E-state index is 0.142. The van der Waals surface area contributed by atoms with Gasteiger partial charge in [-0.15, -0.1) is 0 Å². The van der Waals surface area contributed by atoms with Gasteiger partial charge in [0.15, 0.2) is 6.10 Å². The van der Waals surface area contributed by atoms with Crippen LogP contribution in [-0.2, 0) is 14.3 Å². The molecule has 140 valence electrons. The fraction of sp³-hybridized carbons (Fsp3) is 0.643. The molecular formula is C14H20F2N4O5. The van der Waals surface area contributed by atoms with E-state index >= 15 is 0 Å². The molecule has 1 aromatic heterocycles. The molecule has 0 unspecified atom stereocenters. The van der Waals surface area contributed by atoms with Crippen LogP contribution in [0.1, 0.15) is 20.1 Å². The van der Waals surface area contributed by atoms with E-state index in [2.05, 4.69) is 4.98 Å². The van der Waals surface area contributed by atoms with E-state index in [1.54, 1.807) is 13.8 Å². The van der Waals surface area contributed by atoms with Crippen LogP contribution < -0.4 is 17.2 Å². The van der Waals surface area contributed by atoms with Crippen LogP contribution >= 0.6 is 0 Å². The molecule has 25 heavy (non-hydrogen) atoms. The summed E-state index contributed by atoms with van der Waals surface area (Å²) in [6.07, 6.45) is -4.94. The molecule has 0 saturated carbocycles. The molecule has 1 aromatic rings. The van der Waals surface area contributed by atoms with Crippen LogP contribution in [0.25, 0.3) is 0 Å². The number of esters is 1. The number of halogens is 2. The van der Waals surface area contributed by atoms with Gasteiger partial charge in [0.05, 0.1) is 0 Å². The van der Waals surface area contributed by atoms with Gasteiger partial charge in [-0.1, -0.05) is 13.8 Å². The minimum Gasteiger partial charge on any atom is -0.462 e. The molecule has 11 heteroatoms. The topological polar surface area (TPSA) is 143 Å². The molecule has 0 aromatic carbocycles. The Morgan fingerprint density at radius 1 is 1.56 bits per heavy atom. The summed E-state index contributed by atoms with van der Waals surface area (Å²) in [7, 11) is 0. The van der Waals surface area contributed by atoms with Crippen molar-refractivity contribution in [2.24, 2.45) is 11.7 Å². The number of nitrogen functional groups attached to an aromatic ring is 1. The van der Waals surface area contributed by atoms with E-state index in [9.17, 15) is 23.5 Å². The maximum atomic E-state index is 14.3. The van der Waals surface area contributed by atoms with Crippen molar-refractivity contribution in [3.8, 4) is 0 Å². The summed E-state index contributed by atoms with van der Waals surface area (Å²) in [5, 5.41) is 9.80. The zero-order valence-corrected chi connectivity index (χ0v) is 13.6. The Balaban J connectivity index is 2.14. The molecule has 1 aliphatic rings. The summed E-state index contributed by atoms with van der Waals surface area (Å²) in [6, 6.07) is 0.209. The monoisotopic (exact) mass is 362 g/mol. The number of nitrogens with zero attached hydrogens (tertiary/aromatic N) is 2. The summed E-state index contributed by atoms with van der Waals surface area (Å²) in [6.45, 7) is 2.75. The SMILES string of the molecule is CC(C)[C@H](N)C(=O)OC[C@H]1O[C@@H](n2ccc(N)nc2=O)C(F)(F)[C@@H]1O. The van der Waals surface area contributed by atoms with Crippen LogP contribution in [0.4, 0.5) is 14.6 Å². The van der Waals surface area contributed by atoms with Crippen molar-refractivity contribution in [3.05, 3.63) is 22.7 Å². The first-order valence-corrected chi connectivity index (χ1v) is 7.54. The third-order valence-corrected chi connectivity index (χ3v) is 3.86. The van der Waals surface area contributed by atoms with Crippen LogP contribution in [-0.4, -0.2) is 51.4 Å². The molecule has 0 bridgehead atoms. The maximum absolute atomic E-state index is 14.3. The number of rotatable bonds is 5. The second kappa shape index (κ2) is 7.02. The van der Waals surface area contributed by atoms with E-state index in [4.69, 9.17) is 20.9 Å². The summed E-state index contributed by atoms with van der Waals surface area (Å²) in [4.78, 5) is 26.8. The smallest absolute Gasteiger partial charge is 0.351 e. The Morgan fingerprint density at radius 2 is 2.20 bits per heavy atom. The Hall–Kier alpha value is -2.11. The number of nitrogens with two attached hydrogens (primary N) is 2. The second-order valence-corrected chi connectivity index (χ2v) is 6.09. The standard InChI is InChI=1S/C14H20F2N4O5/c1-6(2)9(18)11(22)24-5-7-10(21)14(15,16)12(25-7)20-4-3-8(17)19-13(20)23/h3-4,6-7,9-10,12,21H,5,18H2,1-2H3,(H2,17,19,23)/t7-,9+,10-,12-/m1/s1. The Kier molecular flexibility index (Phi) is 5.40. The molecular weight excluding hydrogens is 342 g/mol. The highest BCUT2D eigenvalue weighted by Crippen LogP contribution is 2.42. The molecule has 0 aliphatic carbocycles. The molecule has 0 radical (unpaired) electrons. The summed E-state index contributed by atoms with van der Waals surface area (Å²) >= 11 is 0. The van der Waals surface area contributed by atoms with Gasteiger partial charge >= 0.3 is 17.6 Å². The van der Waals surface area contributed by atoms with Gasteiger partial charge in [-0.05, 0) is 12.0 Å². The molecule has 0 spiro atoms. The predicted octanol–water partition coefficient (Wildman–Crippen LogP) is -0.754. The molecule has 4 atom stereocenters. The number of carbonyl (C=O) groups is 1. The van der Waals surface area contributed by atoms with Gasteiger partial charge in [0, 0.05) is 6.20 Å². The third-order valence-electron chi connectivity index (χ3n) is 3.86. The van der Waals surface area contributed by atoms with E-state index in [1.165, 1.54) is 0 Å². The number of alkyl halides is 2. The highest BCUT2D eigenvalue weighted by molar-refractivity contribution is 5.75. The second-order valence-electron chi connectivity index (χ2n) is 6.09. The van der Waals surface area contributed by atoms with Crippen molar-refractivity contribution < 1.29 is 28.2 Å². The number of aliphatic hydroxyl groups is 1. The van der Waals surface area contributed by atoms with Gasteiger partial charge in [0.2, 0.25) is 6.23 Å². The highest BCUT2D eigenvalue weighted by atomic mass is 19.3. The van der Waals surface area contributed by atoms with Crippen molar-refractivity contribution >= 4 is 11.8 Å². The molecule has 1 saturated heterocycles. The quantitative estimate of drug-likeness (QED) is 0.581. The molecule has 9 nitrogen and oxygen atoms in total. The minimum atomic E-state index is -3.81. The fourth-order valence-corrected chi connectivity index (χ4v) is 2.24. The van der Waals surface area contributed by atoms with Crippen molar-refractivity contribution in [2.45, 2.75) is 44.2 Å². The lowest BCUT2D eigenvalue weighted by Gasteiger charge is -2.20. The van der Waals surface area contributed by atoms with Crippen LogP contribution in [0.5, 0.6) is 0 Å². The van der Waals surface area contributed by atoms with E-state index in [-0.39, 0.29) is 11.7 Å². The lowest BCUT2D eigenvalue weighted by Crippen LogP contribution is -2.43. The lowest BCUT2D eigenvalue weighted by molar-refractivity contribution is -0.153. The summed E-state index contributed by atoms with van der Waals surface area (Å²) < 4.78 is 38.9. The molecule has 2 rings (SSSR count). The number of carbonyl (C=O) groups excluding carboxylic acids is 1. The zero-order chi connectivity index (χ0) is 18.9. The number of aromatic nitrogens is 2. The van der Waals surface area contributed by atoms with Crippen LogP contribution in [0, 0.1) is 5.92 Å². The Labute approximate surface area is 141 Å². The van der Waals surface area contributed by atoms with Crippen molar-refractivity contribution in [3.63, 3.8) is 0 Å². The molecule has 0 amide bonds. The van der Waals surface area contributed by atoms with E-state index in [0.717, 1.165) is 12.3 Å². The van der Waals surface area contributed by atoms with Gasteiger partial charge in [0.25, 0.3) is 0 Å². The first-order valence-electron chi connectivity index (χ1n) is 7.54. The van der Waals surface area contributed by atoms with Crippen LogP contribution in [0.3, 0.4) is 0 Å². The first-order chi connectivity index (χ1) is 11.6. The Morgan fingerprint density at radius 3 is 2.76 bits per heavy atom. The van der Waals surface area contributed by atoms with Crippen LogP contribution in [0.2, 0.25) is 0 Å². The fourth-order valence-electron chi connectivity index (χ4n) is 2.24. The van der Waals surface area contributed by atoms with Crippen LogP contribution in [0.15, 0.2) is 17.1 Å². The average Bonchev–Trinajstić information content (AvgIpc) is 2.75. The molecule has 1 fully saturated rings. The van der Waals surface area contributed by atoms with E-state index < -0.39 is 48.7 Å². The number of anilines is 1.